The SMILES string of the molecule is C[C@H](CCc1ccc(C(=O)NN)cc1)NCC(O)c1ccccc1. The van der Waals surface area contributed by atoms with Gasteiger partial charge in [-0.2, -0.15) is 0 Å². The van der Waals surface area contributed by atoms with Crippen LogP contribution >= 0.6 is 0 Å². The van der Waals surface area contributed by atoms with E-state index in [2.05, 4.69) is 17.7 Å². The van der Waals surface area contributed by atoms with Gasteiger partial charge in [-0.1, -0.05) is 42.5 Å². The molecule has 0 aliphatic heterocycles. The number of aryl methyl sites for hydroxylation is 1. The normalized spacial score (nSPS) is 13.3. The largest absolute Gasteiger partial charge is 0.387 e. The molecule has 0 heterocycles. The lowest BCUT2D eigenvalue weighted by Gasteiger charge is -2.17. The Morgan fingerprint density at radius 2 is 1.79 bits per heavy atom. The Balaban J connectivity index is 1.75. The number of hydrazine groups is 1. The van der Waals surface area contributed by atoms with E-state index in [9.17, 15) is 9.90 Å². The molecular weight excluding hydrogens is 302 g/mol. The highest BCUT2D eigenvalue weighted by Gasteiger charge is 2.09. The van der Waals surface area contributed by atoms with Crippen molar-refractivity contribution in [3.05, 3.63) is 71.3 Å². The van der Waals surface area contributed by atoms with E-state index in [1.165, 1.54) is 5.56 Å². The second-order valence-corrected chi connectivity index (χ2v) is 5.94. The predicted molar refractivity (Wildman–Crippen MR) is 95.3 cm³/mol. The summed E-state index contributed by atoms with van der Waals surface area (Å²) in [5.41, 5.74) is 4.76. The highest BCUT2D eigenvalue weighted by Crippen LogP contribution is 2.12. The first-order valence-corrected chi connectivity index (χ1v) is 8.16. The standard InChI is InChI=1S/C19H25N3O2/c1-14(21-13-18(23)16-5-3-2-4-6-16)7-8-15-9-11-17(12-10-15)19(24)22-20/h2-6,9-12,14,18,21,23H,7-8,13,20H2,1H3,(H,22,24)/t14-,18?/m1/s1. The lowest BCUT2D eigenvalue weighted by Crippen LogP contribution is -2.31. The third-order valence-corrected chi connectivity index (χ3v) is 4.06. The summed E-state index contributed by atoms with van der Waals surface area (Å²) in [6, 6.07) is 17.4. The minimum absolute atomic E-state index is 0.286. The lowest BCUT2D eigenvalue weighted by molar-refractivity contribution is 0.0953. The maximum atomic E-state index is 11.4. The summed E-state index contributed by atoms with van der Waals surface area (Å²) in [7, 11) is 0. The van der Waals surface area contributed by atoms with E-state index >= 15 is 0 Å². The molecule has 1 amide bonds. The number of rotatable bonds is 8. The second-order valence-electron chi connectivity index (χ2n) is 5.94. The van der Waals surface area contributed by atoms with Gasteiger partial charge in [0.15, 0.2) is 0 Å². The van der Waals surface area contributed by atoms with Crippen molar-refractivity contribution in [1.29, 1.82) is 0 Å². The van der Waals surface area contributed by atoms with Gasteiger partial charge < -0.3 is 10.4 Å². The van der Waals surface area contributed by atoms with Crippen LogP contribution in [-0.2, 0) is 6.42 Å². The molecule has 5 N–H and O–H groups in total. The summed E-state index contributed by atoms with van der Waals surface area (Å²) in [5, 5.41) is 13.5. The molecule has 5 heteroatoms. The molecule has 2 aromatic rings. The Bertz CT molecular complexity index is 629. The van der Waals surface area contributed by atoms with E-state index in [0.717, 1.165) is 18.4 Å². The highest BCUT2D eigenvalue weighted by molar-refractivity contribution is 5.93. The number of aliphatic hydroxyl groups is 1. The quantitative estimate of drug-likeness (QED) is 0.339. The maximum Gasteiger partial charge on any atom is 0.265 e. The van der Waals surface area contributed by atoms with E-state index in [1.807, 2.05) is 42.5 Å². The molecule has 0 aliphatic carbocycles. The zero-order chi connectivity index (χ0) is 17.4. The summed E-state index contributed by atoms with van der Waals surface area (Å²) in [6.07, 6.45) is 1.35. The summed E-state index contributed by atoms with van der Waals surface area (Å²) >= 11 is 0. The molecule has 2 aromatic carbocycles. The maximum absolute atomic E-state index is 11.4. The van der Waals surface area contributed by atoms with Crippen LogP contribution in [0.1, 0.15) is 40.9 Å². The summed E-state index contributed by atoms with van der Waals surface area (Å²) in [5.74, 6) is 4.83. The summed E-state index contributed by atoms with van der Waals surface area (Å²) in [6.45, 7) is 2.63. The van der Waals surface area contributed by atoms with Crippen LogP contribution in [0.2, 0.25) is 0 Å². The Labute approximate surface area is 142 Å². The minimum Gasteiger partial charge on any atom is -0.387 e. The Morgan fingerprint density at radius 3 is 2.42 bits per heavy atom. The minimum atomic E-state index is -0.497. The van der Waals surface area contributed by atoms with Crippen LogP contribution in [0, 0.1) is 0 Å². The van der Waals surface area contributed by atoms with Crippen molar-refractivity contribution >= 4 is 5.91 Å². The van der Waals surface area contributed by atoms with E-state index in [0.29, 0.717) is 12.1 Å². The number of carbonyl (C=O) groups is 1. The number of aliphatic hydroxyl groups excluding tert-OH is 1. The number of amides is 1. The molecule has 0 fully saturated rings. The monoisotopic (exact) mass is 327 g/mol. The topological polar surface area (TPSA) is 87.4 Å². The van der Waals surface area contributed by atoms with Gasteiger partial charge in [0.1, 0.15) is 0 Å². The number of hydrogen-bond acceptors (Lipinski definition) is 4. The van der Waals surface area contributed by atoms with Gasteiger partial charge >= 0.3 is 0 Å². The van der Waals surface area contributed by atoms with Crippen molar-refractivity contribution in [3.8, 4) is 0 Å². The molecule has 0 bridgehead atoms. The van der Waals surface area contributed by atoms with Crippen molar-refractivity contribution in [3.63, 3.8) is 0 Å². The third-order valence-electron chi connectivity index (χ3n) is 4.06. The van der Waals surface area contributed by atoms with Crippen LogP contribution in [0.3, 0.4) is 0 Å². The van der Waals surface area contributed by atoms with Gasteiger partial charge in [-0.05, 0) is 43.0 Å². The smallest absolute Gasteiger partial charge is 0.265 e. The number of hydrogen-bond donors (Lipinski definition) is 4. The first-order chi connectivity index (χ1) is 11.6. The third kappa shape index (κ3) is 5.45. The molecule has 0 saturated carbocycles. The highest BCUT2D eigenvalue weighted by atomic mass is 16.3. The van der Waals surface area contributed by atoms with Gasteiger partial charge in [0.25, 0.3) is 5.91 Å². The van der Waals surface area contributed by atoms with Crippen molar-refractivity contribution in [2.75, 3.05) is 6.54 Å². The van der Waals surface area contributed by atoms with Crippen LogP contribution in [0.15, 0.2) is 54.6 Å². The van der Waals surface area contributed by atoms with Crippen LogP contribution in [0.4, 0.5) is 0 Å². The average Bonchev–Trinajstić information content (AvgIpc) is 2.64. The summed E-state index contributed by atoms with van der Waals surface area (Å²) in [4.78, 5) is 11.4. The molecule has 2 atom stereocenters. The van der Waals surface area contributed by atoms with Crippen molar-refractivity contribution < 1.29 is 9.90 Å². The lowest BCUT2D eigenvalue weighted by atomic mass is 10.0. The molecule has 0 aliphatic rings. The molecule has 1 unspecified atom stereocenters. The number of nitrogens with two attached hydrogens (primary N) is 1. The van der Waals surface area contributed by atoms with Gasteiger partial charge in [0.2, 0.25) is 0 Å². The molecule has 128 valence electrons. The van der Waals surface area contributed by atoms with Crippen LogP contribution in [-0.4, -0.2) is 23.6 Å². The second kappa shape index (κ2) is 9.17. The molecule has 2 rings (SSSR count). The molecule has 0 saturated heterocycles. The van der Waals surface area contributed by atoms with Gasteiger partial charge in [-0.15, -0.1) is 0 Å². The first-order valence-electron chi connectivity index (χ1n) is 8.16. The first kappa shape index (κ1) is 18.1. The number of nitrogen functional groups attached to an aromatic ring is 1. The Morgan fingerprint density at radius 1 is 1.12 bits per heavy atom. The van der Waals surface area contributed by atoms with Gasteiger partial charge in [0, 0.05) is 18.2 Å². The van der Waals surface area contributed by atoms with Crippen molar-refractivity contribution in [2.45, 2.75) is 31.9 Å². The van der Waals surface area contributed by atoms with Crippen LogP contribution < -0.4 is 16.6 Å². The van der Waals surface area contributed by atoms with Gasteiger partial charge in [-0.3, -0.25) is 10.2 Å². The molecule has 24 heavy (non-hydrogen) atoms. The average molecular weight is 327 g/mol. The van der Waals surface area contributed by atoms with E-state index < -0.39 is 6.10 Å². The van der Waals surface area contributed by atoms with Crippen molar-refractivity contribution in [1.82, 2.24) is 10.7 Å². The van der Waals surface area contributed by atoms with E-state index in [1.54, 1.807) is 12.1 Å². The van der Waals surface area contributed by atoms with Gasteiger partial charge in [-0.25, -0.2) is 5.84 Å². The summed E-state index contributed by atoms with van der Waals surface area (Å²) < 4.78 is 0. The Hall–Kier alpha value is -2.21. The van der Waals surface area contributed by atoms with Gasteiger partial charge in [0.05, 0.1) is 6.10 Å². The fourth-order valence-electron chi connectivity index (χ4n) is 2.50. The molecular formula is C19H25N3O2. The number of carbonyl (C=O) groups excluding carboxylic acids is 1. The zero-order valence-corrected chi connectivity index (χ0v) is 13.9. The van der Waals surface area contributed by atoms with Crippen LogP contribution in [0.25, 0.3) is 0 Å². The fraction of sp³-hybridized carbons (Fsp3) is 0.316. The van der Waals surface area contributed by atoms with Crippen molar-refractivity contribution in [2.24, 2.45) is 5.84 Å². The zero-order valence-electron chi connectivity index (χ0n) is 13.9. The van der Waals surface area contributed by atoms with Crippen LogP contribution in [0.5, 0.6) is 0 Å². The van der Waals surface area contributed by atoms with E-state index in [-0.39, 0.29) is 11.9 Å². The molecule has 0 spiro atoms. The molecule has 0 radical (unpaired) electrons. The molecule has 0 aromatic heterocycles. The fourth-order valence-corrected chi connectivity index (χ4v) is 2.50. The molecule has 5 nitrogen and oxygen atoms in total. The van der Waals surface area contributed by atoms with E-state index in [4.69, 9.17) is 5.84 Å². The predicted octanol–water partition coefficient (Wildman–Crippen LogP) is 1.93. The number of benzene rings is 2. The Kier molecular flexibility index (Phi) is 6.93. The number of nitrogens with one attached hydrogen (secondary N) is 2.